The number of rotatable bonds is 14. The predicted molar refractivity (Wildman–Crippen MR) is 387 cm³/mol. The second-order valence-corrected chi connectivity index (χ2v) is 79.7. The Bertz CT molecular complexity index is 2110. The first-order valence-electron chi connectivity index (χ1n) is 26.9. The molecule has 78 heavy (non-hydrogen) atoms. The van der Waals surface area contributed by atoms with E-state index in [1.165, 1.54) is 10.4 Å². The van der Waals surface area contributed by atoms with Gasteiger partial charge in [-0.05, 0) is 48.9 Å². The number of nitrogens with zero attached hydrogens (tertiary/aromatic N) is 4. The fraction of sp³-hybridized carbons (Fsp3) is 0.571. The van der Waals surface area contributed by atoms with Crippen molar-refractivity contribution >= 4 is 143 Å². The topological polar surface area (TPSA) is 74.9 Å². The van der Waals surface area contributed by atoms with Crippen LogP contribution in [0.25, 0.3) is 18.6 Å². The number of ether oxygens (including phenoxy) is 2. The maximum absolute atomic E-state index is 6.03. The fourth-order valence-corrected chi connectivity index (χ4v) is 45.8. The molecule has 0 amide bonds. The molecule has 0 radical (unpaired) electrons. The van der Waals surface area contributed by atoms with Gasteiger partial charge in [-0.15, -0.1) is 35.0 Å². The SMILES string of the molecule is C[Si](C)(C)[N-][Si](C)(C)C.C[Si](C)(C)[N-][Si](C)(C)C.C[Si](C)(C)[N-][Si](C)(C)C.C[Si](C)(C)[N-][Si](C)(C)C.Cc1cccc(Oc2cccc([Si](C)(C)C)c2S)c1S.Cc1cccc(Oc2cccc([Si](C)(C)C)c2[S-])c1[S-].[La+3].[La+3]. The molecule has 0 N–H and O–H groups in total. The third kappa shape index (κ3) is 44.5. The van der Waals surface area contributed by atoms with Crippen molar-refractivity contribution in [1.29, 1.82) is 0 Å². The van der Waals surface area contributed by atoms with Crippen LogP contribution in [0.4, 0.5) is 0 Å². The third-order valence-electron chi connectivity index (χ3n) is 9.09. The van der Waals surface area contributed by atoms with E-state index in [4.69, 9.17) is 53.3 Å². The average molecular weight is 1560 g/mol. The molecule has 0 heterocycles. The van der Waals surface area contributed by atoms with E-state index in [1.807, 2.05) is 74.5 Å². The van der Waals surface area contributed by atoms with E-state index in [9.17, 15) is 0 Å². The van der Waals surface area contributed by atoms with Gasteiger partial charge in [-0.25, -0.2) is 0 Å². The normalized spacial score (nSPS) is 12.3. The summed E-state index contributed by atoms with van der Waals surface area (Å²) >= 11 is 20.2. The van der Waals surface area contributed by atoms with Crippen LogP contribution in [0.3, 0.4) is 0 Å². The smallest absolute Gasteiger partial charge is 0.776 e. The maximum Gasteiger partial charge on any atom is 3.00 e. The summed E-state index contributed by atoms with van der Waals surface area (Å²) in [7, 11) is -11.7. The molecule has 436 valence electrons. The Hall–Kier alpha value is 2.02. The molecule has 22 heteroatoms. The van der Waals surface area contributed by atoms with Crippen molar-refractivity contribution in [2.75, 3.05) is 0 Å². The minimum Gasteiger partial charge on any atom is -0.776 e. The summed E-state index contributed by atoms with van der Waals surface area (Å²) in [6.07, 6.45) is 0. The summed E-state index contributed by atoms with van der Waals surface area (Å²) < 4.78 is 31.3. The summed E-state index contributed by atoms with van der Waals surface area (Å²) in [5.74, 6) is 3.01. The van der Waals surface area contributed by atoms with Gasteiger partial charge in [0, 0.05) is 9.79 Å². The van der Waals surface area contributed by atoms with Crippen LogP contribution in [0.5, 0.6) is 23.0 Å². The van der Waals surface area contributed by atoms with Crippen molar-refractivity contribution in [3.63, 3.8) is 0 Å². The van der Waals surface area contributed by atoms with Crippen molar-refractivity contribution in [3.05, 3.63) is 103 Å². The molecular formula is C56H110La2N4O2S4Si10. The van der Waals surface area contributed by atoms with E-state index >= 15 is 0 Å². The van der Waals surface area contributed by atoms with Gasteiger partial charge in [0.25, 0.3) is 0 Å². The number of aryl methyl sites for hydroxylation is 2. The van der Waals surface area contributed by atoms with E-state index in [0.717, 1.165) is 48.0 Å². The van der Waals surface area contributed by atoms with Gasteiger partial charge in [0.1, 0.15) is 23.0 Å². The van der Waals surface area contributed by atoms with E-state index in [-0.39, 0.29) is 71.2 Å². The van der Waals surface area contributed by atoms with Crippen LogP contribution >= 0.6 is 25.3 Å². The molecule has 0 unspecified atom stereocenters. The third-order valence-corrected chi connectivity index (χ3v) is 37.0. The van der Waals surface area contributed by atoms with E-state index in [1.54, 1.807) is 0 Å². The molecule has 0 aliphatic carbocycles. The number of hydrogen-bond donors (Lipinski definition) is 2. The number of benzene rings is 4. The van der Waals surface area contributed by atoms with Crippen molar-refractivity contribution < 1.29 is 80.7 Å². The van der Waals surface area contributed by atoms with Crippen molar-refractivity contribution in [2.45, 2.75) is 230 Å². The molecule has 0 aliphatic rings. The van der Waals surface area contributed by atoms with E-state index in [0.29, 0.717) is 5.75 Å². The van der Waals surface area contributed by atoms with Gasteiger partial charge in [-0.1, -0.05) is 322 Å². The molecule has 4 rings (SSSR count). The number of thiol groups is 2. The van der Waals surface area contributed by atoms with Crippen LogP contribution in [-0.4, -0.2) is 82.0 Å². The molecule has 4 aromatic rings. The van der Waals surface area contributed by atoms with Crippen LogP contribution in [0.2, 0.25) is 196 Å². The van der Waals surface area contributed by atoms with Crippen LogP contribution < -0.4 is 19.8 Å². The Kier molecular flexibility index (Phi) is 39.6. The Balaban J connectivity index is -0.000000440. The summed E-state index contributed by atoms with van der Waals surface area (Å²) in [5, 5.41) is 2.57. The largest absolute Gasteiger partial charge is 3.00 e. The zero-order chi connectivity index (χ0) is 60.7. The fourth-order valence-electron chi connectivity index (χ4n) is 8.08. The van der Waals surface area contributed by atoms with Crippen LogP contribution in [0, 0.1) is 85.0 Å². The van der Waals surface area contributed by atoms with Gasteiger partial charge < -0.3 is 53.3 Å². The molecule has 6 nitrogen and oxygen atoms in total. The summed E-state index contributed by atoms with van der Waals surface area (Å²) in [4.78, 5) is 3.39. The predicted octanol–water partition coefficient (Wildman–Crippen LogP) is 21.2. The van der Waals surface area contributed by atoms with Gasteiger partial charge >= 0.3 is 71.2 Å². The van der Waals surface area contributed by atoms with Crippen molar-refractivity contribution in [1.82, 2.24) is 0 Å². The quantitative estimate of drug-likeness (QED) is 0.0749. The van der Waals surface area contributed by atoms with Gasteiger partial charge in [-0.3, -0.25) is 0 Å². The molecular weight excluding hydrogens is 1450 g/mol. The molecule has 4 aromatic carbocycles. The maximum atomic E-state index is 6.03. The molecule has 0 fully saturated rings. The van der Waals surface area contributed by atoms with Gasteiger partial charge in [0.2, 0.25) is 0 Å². The van der Waals surface area contributed by atoms with E-state index in [2.05, 4.69) is 234 Å². The minimum absolute atomic E-state index is 0. The molecule has 0 aliphatic heterocycles. The Morgan fingerprint density at radius 1 is 0.308 bits per heavy atom. The van der Waals surface area contributed by atoms with Crippen molar-refractivity contribution in [2.24, 2.45) is 0 Å². The monoisotopic (exact) mass is 1560 g/mol. The molecule has 0 spiro atoms. The first-order chi connectivity index (χ1) is 33.4. The standard InChI is InChI=1S/2C16H20OS2Si.4C6H18NSi2.2La/c2*1-11-7-5-8-12(15(11)18)17-13-9-6-10-14(16(13)19)20(2,3)4;4*1-8(2,3)7-9(4,5)6;;/h2*5-10,18-19H,1-4H3;4*1-6H3;;/q;;4*-1;2*+3/p-2. The van der Waals surface area contributed by atoms with Crippen molar-refractivity contribution in [3.8, 4) is 23.0 Å². The Morgan fingerprint density at radius 3 is 0.821 bits per heavy atom. The first-order valence-corrected chi connectivity index (χ1v) is 63.2. The molecule has 0 bridgehead atoms. The van der Waals surface area contributed by atoms with Gasteiger partial charge in [0.05, 0.1) is 16.1 Å². The molecule has 0 saturated heterocycles. The Morgan fingerprint density at radius 2 is 0.538 bits per heavy atom. The van der Waals surface area contributed by atoms with Gasteiger partial charge in [0.15, 0.2) is 0 Å². The zero-order valence-electron chi connectivity index (χ0n) is 55.4. The van der Waals surface area contributed by atoms with Crippen LogP contribution in [0.1, 0.15) is 11.1 Å². The second-order valence-electron chi connectivity index (χ2n) is 29.6. The summed E-state index contributed by atoms with van der Waals surface area (Å²) in [5.41, 5.74) is 2.15. The molecule has 0 saturated carbocycles. The summed E-state index contributed by atoms with van der Waals surface area (Å²) in [6.45, 7) is 72.9. The second kappa shape index (κ2) is 35.7. The van der Waals surface area contributed by atoms with Crippen LogP contribution in [-0.2, 0) is 25.3 Å². The Labute approximate surface area is 571 Å². The average Bonchev–Trinajstić information content (AvgIpc) is 3.11. The minimum atomic E-state index is -1.46. The van der Waals surface area contributed by atoms with Crippen LogP contribution in [0.15, 0.2) is 92.4 Å². The molecule has 0 atom stereocenters. The number of hydrogen-bond acceptors (Lipinski definition) is 6. The molecule has 0 aromatic heterocycles. The van der Waals surface area contributed by atoms with Gasteiger partial charge in [-0.2, -0.15) is 0 Å². The first kappa shape index (κ1) is 86.5. The zero-order valence-corrected chi connectivity index (χ0v) is 76.1. The summed E-state index contributed by atoms with van der Waals surface area (Å²) in [6, 6.07) is 24.0. The van der Waals surface area contributed by atoms with E-state index < -0.39 is 82.0 Å².